The molecule has 2 unspecified atom stereocenters. The number of aliphatic hydroxyl groups excluding tert-OH is 1. The number of alkyl carbamates (subject to hydrolysis) is 1. The number of rotatable bonds is 6. The van der Waals surface area contributed by atoms with Crippen LogP contribution in [0, 0.1) is 0 Å². The lowest BCUT2D eigenvalue weighted by Gasteiger charge is -2.25. The van der Waals surface area contributed by atoms with Crippen LogP contribution in [0.4, 0.5) is 4.79 Å². The van der Waals surface area contributed by atoms with Gasteiger partial charge in [-0.25, -0.2) is 4.79 Å². The molecule has 0 saturated carbocycles. The summed E-state index contributed by atoms with van der Waals surface area (Å²) < 4.78 is 5.72. The van der Waals surface area contributed by atoms with E-state index in [-0.39, 0.29) is 12.5 Å². The van der Waals surface area contributed by atoms with Crippen molar-refractivity contribution in [2.75, 3.05) is 6.61 Å². The Hall–Kier alpha value is -3.89. The molecular formula is C29H25NO3. The molecule has 0 saturated heterocycles. The van der Waals surface area contributed by atoms with Gasteiger partial charge in [-0.3, -0.25) is 0 Å². The minimum absolute atomic E-state index is 0.0163. The van der Waals surface area contributed by atoms with E-state index in [0.29, 0.717) is 0 Å². The molecule has 0 aromatic heterocycles. The fourth-order valence-corrected chi connectivity index (χ4v) is 4.61. The van der Waals surface area contributed by atoms with E-state index in [4.69, 9.17) is 4.74 Å². The summed E-state index contributed by atoms with van der Waals surface area (Å²) in [7, 11) is 0. The van der Waals surface area contributed by atoms with Crippen molar-refractivity contribution < 1.29 is 14.6 Å². The van der Waals surface area contributed by atoms with Crippen LogP contribution in [0.2, 0.25) is 0 Å². The van der Waals surface area contributed by atoms with Gasteiger partial charge in [-0.2, -0.15) is 0 Å². The number of carbonyl (C=O) groups excluding carboxylic acids is 1. The second-order valence-electron chi connectivity index (χ2n) is 8.21. The summed E-state index contributed by atoms with van der Waals surface area (Å²) in [6.07, 6.45) is -1.46. The molecule has 164 valence electrons. The van der Waals surface area contributed by atoms with Crippen LogP contribution < -0.4 is 5.32 Å². The van der Waals surface area contributed by atoms with E-state index in [1.165, 1.54) is 11.1 Å². The number of nitrogens with one attached hydrogen (secondary N) is 1. The molecule has 0 aliphatic heterocycles. The van der Waals surface area contributed by atoms with E-state index in [2.05, 4.69) is 29.6 Å². The summed E-state index contributed by atoms with van der Waals surface area (Å²) >= 11 is 0. The maximum absolute atomic E-state index is 12.9. The monoisotopic (exact) mass is 435 g/mol. The fourth-order valence-electron chi connectivity index (χ4n) is 4.61. The Morgan fingerprint density at radius 1 is 0.727 bits per heavy atom. The molecule has 0 radical (unpaired) electrons. The van der Waals surface area contributed by atoms with Crippen LogP contribution >= 0.6 is 0 Å². The van der Waals surface area contributed by atoms with Gasteiger partial charge in [0.1, 0.15) is 12.7 Å². The topological polar surface area (TPSA) is 58.6 Å². The summed E-state index contributed by atoms with van der Waals surface area (Å²) in [4.78, 5) is 12.9. The first-order valence-electron chi connectivity index (χ1n) is 11.1. The maximum atomic E-state index is 12.9. The fraction of sp³-hybridized carbons (Fsp3) is 0.138. The largest absolute Gasteiger partial charge is 0.449 e. The number of ether oxygens (including phenoxy) is 1. The first-order chi connectivity index (χ1) is 16.2. The van der Waals surface area contributed by atoms with Crippen LogP contribution in [0.1, 0.15) is 40.3 Å². The highest BCUT2D eigenvalue weighted by molar-refractivity contribution is 5.79. The second kappa shape index (κ2) is 9.31. The Bertz CT molecular complexity index is 1190. The van der Waals surface area contributed by atoms with E-state index >= 15 is 0 Å². The molecule has 0 bridgehead atoms. The predicted octanol–water partition coefficient (Wildman–Crippen LogP) is 6.00. The van der Waals surface area contributed by atoms with Crippen molar-refractivity contribution in [3.05, 3.63) is 131 Å². The van der Waals surface area contributed by atoms with Gasteiger partial charge >= 0.3 is 6.09 Å². The van der Waals surface area contributed by atoms with Crippen molar-refractivity contribution in [3.8, 4) is 11.1 Å². The standard InChI is InChI=1S/C29H25NO3/c31-28(21-13-5-2-6-14-21)27(20-11-3-1-4-12-20)30-29(32)33-19-26-24-17-9-7-15-22(24)23-16-8-10-18-25(23)26/h1-18,26-28,31H,19H2,(H,30,32). The highest BCUT2D eigenvalue weighted by Crippen LogP contribution is 2.44. The molecule has 1 amide bonds. The third-order valence-corrected chi connectivity index (χ3v) is 6.23. The molecule has 2 N–H and O–H groups in total. The third kappa shape index (κ3) is 4.26. The van der Waals surface area contributed by atoms with Crippen LogP contribution in [0.3, 0.4) is 0 Å². The van der Waals surface area contributed by atoms with Crippen molar-refractivity contribution in [1.29, 1.82) is 0 Å². The molecule has 0 spiro atoms. The van der Waals surface area contributed by atoms with Gasteiger partial charge in [-0.15, -0.1) is 0 Å². The highest BCUT2D eigenvalue weighted by atomic mass is 16.5. The summed E-state index contributed by atoms with van der Waals surface area (Å²) in [5.41, 5.74) is 6.23. The van der Waals surface area contributed by atoms with E-state index < -0.39 is 18.2 Å². The lowest BCUT2D eigenvalue weighted by molar-refractivity contribution is 0.103. The number of hydrogen-bond acceptors (Lipinski definition) is 3. The zero-order chi connectivity index (χ0) is 22.6. The van der Waals surface area contributed by atoms with Gasteiger partial charge < -0.3 is 15.2 Å². The first kappa shape index (κ1) is 21.0. The van der Waals surface area contributed by atoms with Gasteiger partial charge in [0.2, 0.25) is 0 Å². The molecule has 4 aromatic rings. The molecule has 2 atom stereocenters. The second-order valence-corrected chi connectivity index (χ2v) is 8.21. The van der Waals surface area contributed by atoms with Crippen molar-refractivity contribution in [3.63, 3.8) is 0 Å². The predicted molar refractivity (Wildman–Crippen MR) is 129 cm³/mol. The molecule has 5 rings (SSSR count). The van der Waals surface area contributed by atoms with Crippen LogP contribution in [0.25, 0.3) is 11.1 Å². The van der Waals surface area contributed by atoms with Gasteiger partial charge in [0.05, 0.1) is 6.04 Å². The molecule has 33 heavy (non-hydrogen) atoms. The average molecular weight is 436 g/mol. The van der Waals surface area contributed by atoms with Crippen molar-refractivity contribution >= 4 is 6.09 Å². The Labute approximate surface area is 193 Å². The third-order valence-electron chi connectivity index (χ3n) is 6.23. The summed E-state index contributed by atoms with van der Waals surface area (Å²) in [6, 6.07) is 34.6. The SMILES string of the molecule is O=C(NC(c1ccccc1)C(O)c1ccccc1)OCC1c2ccccc2-c2ccccc21. The van der Waals surface area contributed by atoms with Crippen LogP contribution in [0.5, 0.6) is 0 Å². The van der Waals surface area contributed by atoms with Crippen molar-refractivity contribution in [2.45, 2.75) is 18.1 Å². The number of amides is 1. The number of aliphatic hydroxyl groups is 1. The van der Waals surface area contributed by atoms with Crippen LogP contribution in [0.15, 0.2) is 109 Å². The van der Waals surface area contributed by atoms with Gasteiger partial charge in [-0.1, -0.05) is 109 Å². The Balaban J connectivity index is 1.34. The number of fused-ring (bicyclic) bond motifs is 3. The number of benzene rings is 4. The first-order valence-corrected chi connectivity index (χ1v) is 11.1. The highest BCUT2D eigenvalue weighted by Gasteiger charge is 2.30. The minimum Gasteiger partial charge on any atom is -0.449 e. The maximum Gasteiger partial charge on any atom is 0.407 e. The molecule has 0 heterocycles. The van der Waals surface area contributed by atoms with Crippen molar-refractivity contribution in [1.82, 2.24) is 5.32 Å². The van der Waals surface area contributed by atoms with E-state index in [1.807, 2.05) is 84.9 Å². The van der Waals surface area contributed by atoms with E-state index in [0.717, 1.165) is 22.3 Å². The quantitative estimate of drug-likeness (QED) is 0.391. The van der Waals surface area contributed by atoms with Gasteiger partial charge in [-0.05, 0) is 33.4 Å². The Morgan fingerprint density at radius 3 is 1.79 bits per heavy atom. The lowest BCUT2D eigenvalue weighted by atomic mass is 9.96. The Morgan fingerprint density at radius 2 is 1.21 bits per heavy atom. The lowest BCUT2D eigenvalue weighted by Crippen LogP contribution is -2.34. The van der Waals surface area contributed by atoms with E-state index in [9.17, 15) is 9.90 Å². The molecule has 1 aliphatic rings. The van der Waals surface area contributed by atoms with Gasteiger partial charge in [0.25, 0.3) is 0 Å². The molecule has 4 aromatic carbocycles. The summed E-state index contributed by atoms with van der Waals surface area (Å²) in [6.45, 7) is 0.225. The summed E-state index contributed by atoms with van der Waals surface area (Å²) in [5, 5.41) is 13.9. The van der Waals surface area contributed by atoms with Crippen LogP contribution in [-0.2, 0) is 4.74 Å². The molecule has 4 heteroatoms. The van der Waals surface area contributed by atoms with E-state index in [1.54, 1.807) is 0 Å². The Kier molecular flexibility index (Phi) is 5.92. The number of carbonyl (C=O) groups is 1. The van der Waals surface area contributed by atoms with Crippen LogP contribution in [-0.4, -0.2) is 17.8 Å². The molecule has 4 nitrogen and oxygen atoms in total. The van der Waals surface area contributed by atoms with Gasteiger partial charge in [0.15, 0.2) is 0 Å². The number of hydrogen-bond donors (Lipinski definition) is 2. The molecule has 1 aliphatic carbocycles. The smallest absolute Gasteiger partial charge is 0.407 e. The summed E-state index contributed by atoms with van der Waals surface area (Å²) in [5.74, 6) is -0.0163. The molecular weight excluding hydrogens is 410 g/mol. The zero-order valence-electron chi connectivity index (χ0n) is 18.1. The minimum atomic E-state index is -0.908. The zero-order valence-corrected chi connectivity index (χ0v) is 18.1. The van der Waals surface area contributed by atoms with Gasteiger partial charge in [0, 0.05) is 5.92 Å². The normalized spacial score (nSPS) is 14.1. The average Bonchev–Trinajstić information content (AvgIpc) is 3.20. The molecule has 0 fully saturated rings. The van der Waals surface area contributed by atoms with Crippen molar-refractivity contribution in [2.24, 2.45) is 0 Å².